The Kier molecular flexibility index (Phi) is 3.20. The van der Waals surface area contributed by atoms with Gasteiger partial charge in [0.25, 0.3) is 0 Å². The van der Waals surface area contributed by atoms with E-state index in [2.05, 4.69) is 39.5 Å². The van der Waals surface area contributed by atoms with Gasteiger partial charge < -0.3 is 5.32 Å². The molecule has 0 unspecified atom stereocenters. The summed E-state index contributed by atoms with van der Waals surface area (Å²) in [5.74, 6) is 0.806. The summed E-state index contributed by atoms with van der Waals surface area (Å²) in [6.07, 6.45) is 1.17. The molecule has 1 saturated heterocycles. The molecule has 2 heterocycles. The van der Waals surface area contributed by atoms with Gasteiger partial charge in [0.05, 0.1) is 13.6 Å². The van der Waals surface area contributed by atoms with Crippen molar-refractivity contribution in [2.75, 3.05) is 19.6 Å². The number of nitrogens with zero attached hydrogens (tertiary/aromatic N) is 5. The largest absolute Gasteiger partial charge is 0.310 e. The van der Waals surface area contributed by atoms with Crippen molar-refractivity contribution in [1.29, 1.82) is 0 Å². The Hall–Kier alpha value is -1.01. The highest BCUT2D eigenvalue weighted by molar-refractivity contribution is 4.87. The standard InChI is InChI=1S/C10H20N6/c1-10(2)8-16(6-4-5-11-10)7-9-12-14-15(3)13-9/h11H,4-8H2,1-3H3. The number of aromatic nitrogens is 4. The number of tetrazole rings is 1. The first-order valence-electron chi connectivity index (χ1n) is 5.75. The third kappa shape index (κ3) is 2.99. The van der Waals surface area contributed by atoms with Gasteiger partial charge in [-0.1, -0.05) is 0 Å². The number of rotatable bonds is 2. The molecule has 90 valence electrons. The fourth-order valence-corrected chi connectivity index (χ4v) is 2.15. The molecule has 16 heavy (non-hydrogen) atoms. The minimum Gasteiger partial charge on any atom is -0.310 e. The first-order chi connectivity index (χ1) is 7.55. The molecule has 0 aliphatic carbocycles. The molecule has 6 heteroatoms. The summed E-state index contributed by atoms with van der Waals surface area (Å²) in [5, 5.41) is 15.6. The first kappa shape index (κ1) is 11.5. The van der Waals surface area contributed by atoms with E-state index >= 15 is 0 Å². The second-order valence-electron chi connectivity index (χ2n) is 5.07. The van der Waals surface area contributed by atoms with E-state index < -0.39 is 0 Å². The van der Waals surface area contributed by atoms with E-state index in [-0.39, 0.29) is 5.54 Å². The van der Waals surface area contributed by atoms with Gasteiger partial charge in [0.15, 0.2) is 5.82 Å². The number of nitrogens with one attached hydrogen (secondary N) is 1. The van der Waals surface area contributed by atoms with Crippen LogP contribution in [0.5, 0.6) is 0 Å². The zero-order chi connectivity index (χ0) is 11.6. The average molecular weight is 224 g/mol. The zero-order valence-corrected chi connectivity index (χ0v) is 10.3. The molecular formula is C10H20N6. The van der Waals surface area contributed by atoms with Crippen molar-refractivity contribution in [3.8, 4) is 0 Å². The van der Waals surface area contributed by atoms with Gasteiger partial charge in [0.1, 0.15) is 0 Å². The summed E-state index contributed by atoms with van der Waals surface area (Å²) in [6.45, 7) is 8.45. The molecule has 0 aromatic carbocycles. The molecule has 2 rings (SSSR count). The van der Waals surface area contributed by atoms with Crippen LogP contribution < -0.4 is 5.32 Å². The normalized spacial score (nSPS) is 21.9. The van der Waals surface area contributed by atoms with Crippen LogP contribution in [-0.4, -0.2) is 50.3 Å². The van der Waals surface area contributed by atoms with Crippen LogP contribution >= 0.6 is 0 Å². The van der Waals surface area contributed by atoms with Crippen molar-refractivity contribution in [2.45, 2.75) is 32.4 Å². The second kappa shape index (κ2) is 4.47. The monoisotopic (exact) mass is 224 g/mol. The Morgan fingerprint density at radius 3 is 2.94 bits per heavy atom. The van der Waals surface area contributed by atoms with Crippen LogP contribution in [0.15, 0.2) is 0 Å². The molecular weight excluding hydrogens is 204 g/mol. The predicted octanol–water partition coefficient (Wildman–Crippen LogP) is -0.216. The number of hydrogen-bond acceptors (Lipinski definition) is 5. The van der Waals surface area contributed by atoms with Gasteiger partial charge in [-0.3, -0.25) is 4.90 Å². The molecule has 1 fully saturated rings. The van der Waals surface area contributed by atoms with Gasteiger partial charge >= 0.3 is 0 Å². The fourth-order valence-electron chi connectivity index (χ4n) is 2.15. The van der Waals surface area contributed by atoms with Gasteiger partial charge in [-0.05, 0) is 38.6 Å². The van der Waals surface area contributed by atoms with Gasteiger partial charge in [-0.15, -0.1) is 10.2 Å². The Morgan fingerprint density at radius 2 is 2.25 bits per heavy atom. The van der Waals surface area contributed by atoms with Crippen LogP contribution in [0.25, 0.3) is 0 Å². The molecule has 1 aromatic heterocycles. The zero-order valence-electron chi connectivity index (χ0n) is 10.3. The van der Waals surface area contributed by atoms with Gasteiger partial charge in [-0.25, -0.2) is 0 Å². The van der Waals surface area contributed by atoms with Crippen LogP contribution in [0.3, 0.4) is 0 Å². The average Bonchev–Trinajstić information content (AvgIpc) is 2.49. The van der Waals surface area contributed by atoms with Gasteiger partial charge in [-0.2, -0.15) is 4.80 Å². The Bertz CT molecular complexity index is 345. The van der Waals surface area contributed by atoms with E-state index in [9.17, 15) is 0 Å². The maximum absolute atomic E-state index is 4.22. The van der Waals surface area contributed by atoms with Crippen molar-refractivity contribution >= 4 is 0 Å². The molecule has 1 N–H and O–H groups in total. The molecule has 0 bridgehead atoms. The lowest BCUT2D eigenvalue weighted by atomic mass is 10.1. The molecule has 1 aliphatic rings. The van der Waals surface area contributed by atoms with Crippen LogP contribution in [0.2, 0.25) is 0 Å². The third-order valence-corrected chi connectivity index (χ3v) is 2.79. The van der Waals surface area contributed by atoms with Crippen LogP contribution in [-0.2, 0) is 13.6 Å². The molecule has 1 aliphatic heterocycles. The lowest BCUT2D eigenvalue weighted by Crippen LogP contribution is -2.46. The molecule has 0 spiro atoms. The van der Waals surface area contributed by atoms with Crippen LogP contribution in [0, 0.1) is 0 Å². The summed E-state index contributed by atoms with van der Waals surface area (Å²) < 4.78 is 0. The summed E-state index contributed by atoms with van der Waals surface area (Å²) in [7, 11) is 1.80. The van der Waals surface area contributed by atoms with Gasteiger partial charge in [0.2, 0.25) is 0 Å². The smallest absolute Gasteiger partial charge is 0.188 e. The Balaban J connectivity index is 1.98. The quantitative estimate of drug-likeness (QED) is 0.753. The lowest BCUT2D eigenvalue weighted by Gasteiger charge is -2.29. The van der Waals surface area contributed by atoms with E-state index in [1.165, 1.54) is 11.2 Å². The molecule has 1 aromatic rings. The van der Waals surface area contributed by atoms with Crippen LogP contribution in [0.1, 0.15) is 26.1 Å². The Morgan fingerprint density at radius 1 is 1.44 bits per heavy atom. The molecule has 0 saturated carbocycles. The van der Waals surface area contributed by atoms with E-state index in [1.807, 2.05) is 0 Å². The maximum atomic E-state index is 4.22. The van der Waals surface area contributed by atoms with E-state index in [0.29, 0.717) is 0 Å². The van der Waals surface area contributed by atoms with E-state index in [4.69, 9.17) is 0 Å². The molecule has 6 nitrogen and oxygen atoms in total. The number of hydrogen-bond donors (Lipinski definition) is 1. The topological polar surface area (TPSA) is 58.9 Å². The first-order valence-corrected chi connectivity index (χ1v) is 5.75. The highest BCUT2D eigenvalue weighted by Crippen LogP contribution is 2.11. The second-order valence-corrected chi connectivity index (χ2v) is 5.07. The summed E-state index contributed by atoms with van der Waals surface area (Å²) in [6, 6.07) is 0. The molecule has 0 amide bonds. The maximum Gasteiger partial charge on any atom is 0.188 e. The highest BCUT2D eigenvalue weighted by atomic mass is 15.6. The lowest BCUT2D eigenvalue weighted by molar-refractivity contribution is 0.219. The fraction of sp³-hybridized carbons (Fsp3) is 0.900. The van der Waals surface area contributed by atoms with E-state index in [1.54, 1.807) is 7.05 Å². The Labute approximate surface area is 96.0 Å². The van der Waals surface area contributed by atoms with Crippen molar-refractivity contribution in [2.24, 2.45) is 7.05 Å². The van der Waals surface area contributed by atoms with Gasteiger partial charge in [0, 0.05) is 12.1 Å². The van der Waals surface area contributed by atoms with Crippen molar-refractivity contribution in [3.63, 3.8) is 0 Å². The van der Waals surface area contributed by atoms with Crippen molar-refractivity contribution in [3.05, 3.63) is 5.82 Å². The summed E-state index contributed by atoms with van der Waals surface area (Å²) in [5.41, 5.74) is 0.165. The summed E-state index contributed by atoms with van der Waals surface area (Å²) >= 11 is 0. The van der Waals surface area contributed by atoms with Crippen molar-refractivity contribution in [1.82, 2.24) is 30.4 Å². The highest BCUT2D eigenvalue weighted by Gasteiger charge is 2.24. The molecule has 0 radical (unpaired) electrons. The SMILES string of the molecule is Cn1nnc(CN2CCCNC(C)(C)C2)n1. The molecule has 0 atom stereocenters. The minimum atomic E-state index is 0.165. The minimum absolute atomic E-state index is 0.165. The van der Waals surface area contributed by atoms with Crippen molar-refractivity contribution < 1.29 is 0 Å². The summed E-state index contributed by atoms with van der Waals surface area (Å²) in [4.78, 5) is 3.90. The number of aryl methyl sites for hydroxylation is 1. The van der Waals surface area contributed by atoms with E-state index in [0.717, 1.165) is 32.0 Å². The van der Waals surface area contributed by atoms with Crippen LogP contribution in [0.4, 0.5) is 0 Å². The predicted molar refractivity (Wildman–Crippen MR) is 60.8 cm³/mol. The third-order valence-electron chi connectivity index (χ3n) is 2.79.